The third kappa shape index (κ3) is 5.38. The van der Waals surface area contributed by atoms with Crippen molar-refractivity contribution in [1.29, 1.82) is 0 Å². The molecule has 0 aromatic heterocycles. The SMILES string of the molecule is NC(=NCC(=O)N1CCc2ccccc2C1)Nc1ccc(OC(F)(F)F)cc1. The van der Waals surface area contributed by atoms with Gasteiger partial charge in [-0.3, -0.25) is 4.79 Å². The summed E-state index contributed by atoms with van der Waals surface area (Å²) in [5.74, 6) is -0.488. The average molecular weight is 392 g/mol. The molecule has 0 aliphatic carbocycles. The molecule has 0 saturated heterocycles. The zero-order valence-corrected chi connectivity index (χ0v) is 14.9. The lowest BCUT2D eigenvalue weighted by Gasteiger charge is -2.28. The summed E-state index contributed by atoms with van der Waals surface area (Å²) in [6.45, 7) is 1.05. The molecular formula is C19H19F3N4O2. The molecule has 6 nitrogen and oxygen atoms in total. The number of guanidine groups is 1. The molecule has 0 atom stereocenters. The lowest BCUT2D eigenvalue weighted by molar-refractivity contribution is -0.274. The number of amides is 1. The molecule has 2 aromatic carbocycles. The van der Waals surface area contributed by atoms with Gasteiger partial charge in [-0.05, 0) is 41.8 Å². The van der Waals surface area contributed by atoms with Gasteiger partial charge in [-0.15, -0.1) is 13.2 Å². The van der Waals surface area contributed by atoms with E-state index in [9.17, 15) is 18.0 Å². The van der Waals surface area contributed by atoms with Crippen molar-refractivity contribution in [3.8, 4) is 5.75 Å². The van der Waals surface area contributed by atoms with Crippen molar-refractivity contribution < 1.29 is 22.7 Å². The van der Waals surface area contributed by atoms with Gasteiger partial charge in [-0.1, -0.05) is 24.3 Å². The highest BCUT2D eigenvalue weighted by atomic mass is 19.4. The molecule has 0 spiro atoms. The van der Waals surface area contributed by atoms with E-state index in [1.165, 1.54) is 17.7 Å². The van der Waals surface area contributed by atoms with Crippen molar-refractivity contribution in [2.45, 2.75) is 19.3 Å². The normalized spacial score (nSPS) is 14.4. The number of halogens is 3. The Labute approximate surface area is 159 Å². The predicted octanol–water partition coefficient (Wildman–Crippen LogP) is 2.90. The summed E-state index contributed by atoms with van der Waals surface area (Å²) in [5, 5.41) is 2.73. The number of nitrogens with one attached hydrogen (secondary N) is 1. The van der Waals surface area contributed by atoms with Crippen molar-refractivity contribution in [3.63, 3.8) is 0 Å². The number of alkyl halides is 3. The first-order chi connectivity index (χ1) is 13.3. The van der Waals surface area contributed by atoms with Crippen molar-refractivity contribution >= 4 is 17.6 Å². The van der Waals surface area contributed by atoms with E-state index in [0.29, 0.717) is 18.8 Å². The number of nitrogens with zero attached hydrogens (tertiary/aromatic N) is 2. The Hall–Kier alpha value is -3.23. The number of rotatable bonds is 4. The van der Waals surface area contributed by atoms with Crippen LogP contribution < -0.4 is 15.8 Å². The highest BCUT2D eigenvalue weighted by Crippen LogP contribution is 2.24. The fraction of sp³-hybridized carbons (Fsp3) is 0.263. The average Bonchev–Trinajstić information content (AvgIpc) is 2.66. The van der Waals surface area contributed by atoms with Crippen LogP contribution in [0.4, 0.5) is 18.9 Å². The number of benzene rings is 2. The first kappa shape index (κ1) is 19.5. The fourth-order valence-electron chi connectivity index (χ4n) is 2.89. The molecule has 9 heteroatoms. The molecule has 1 heterocycles. The number of aliphatic imine (C=N–C) groups is 1. The van der Waals surface area contributed by atoms with Crippen LogP contribution in [-0.2, 0) is 17.8 Å². The van der Waals surface area contributed by atoms with E-state index < -0.39 is 6.36 Å². The van der Waals surface area contributed by atoms with Crippen LogP contribution in [-0.4, -0.2) is 36.2 Å². The zero-order chi connectivity index (χ0) is 20.1. The molecule has 148 valence electrons. The molecule has 1 aliphatic rings. The van der Waals surface area contributed by atoms with E-state index in [-0.39, 0.29) is 24.2 Å². The Balaban J connectivity index is 1.52. The Morgan fingerprint density at radius 2 is 1.82 bits per heavy atom. The lowest BCUT2D eigenvalue weighted by atomic mass is 10.00. The van der Waals surface area contributed by atoms with Crippen LogP contribution in [0.1, 0.15) is 11.1 Å². The van der Waals surface area contributed by atoms with Gasteiger partial charge < -0.3 is 20.7 Å². The molecule has 1 amide bonds. The van der Waals surface area contributed by atoms with E-state index in [1.807, 2.05) is 18.2 Å². The van der Waals surface area contributed by atoms with Crippen LogP contribution >= 0.6 is 0 Å². The van der Waals surface area contributed by atoms with Crippen LogP contribution in [0.2, 0.25) is 0 Å². The van der Waals surface area contributed by atoms with Gasteiger partial charge in [0.05, 0.1) is 0 Å². The Morgan fingerprint density at radius 1 is 1.14 bits per heavy atom. The summed E-state index contributed by atoms with van der Waals surface area (Å²) < 4.78 is 40.2. The number of hydrogen-bond acceptors (Lipinski definition) is 3. The number of hydrogen-bond donors (Lipinski definition) is 2. The highest BCUT2D eigenvalue weighted by molar-refractivity contribution is 5.93. The second-order valence-corrected chi connectivity index (χ2v) is 6.23. The van der Waals surface area contributed by atoms with Gasteiger partial charge in [0.15, 0.2) is 5.96 Å². The van der Waals surface area contributed by atoms with Crippen LogP contribution in [0.15, 0.2) is 53.5 Å². The van der Waals surface area contributed by atoms with Gasteiger partial charge in [0.1, 0.15) is 12.3 Å². The largest absolute Gasteiger partial charge is 0.573 e. The summed E-state index contributed by atoms with van der Waals surface area (Å²) in [4.78, 5) is 18.1. The van der Waals surface area contributed by atoms with E-state index >= 15 is 0 Å². The van der Waals surface area contributed by atoms with Gasteiger partial charge in [-0.2, -0.15) is 0 Å². The van der Waals surface area contributed by atoms with Crippen molar-refractivity contribution in [2.24, 2.45) is 10.7 Å². The molecular weight excluding hydrogens is 373 g/mol. The zero-order valence-electron chi connectivity index (χ0n) is 14.9. The first-order valence-electron chi connectivity index (χ1n) is 8.57. The number of nitrogens with two attached hydrogens (primary N) is 1. The summed E-state index contributed by atoms with van der Waals surface area (Å²) in [6.07, 6.45) is -3.95. The molecule has 0 radical (unpaired) electrons. The molecule has 28 heavy (non-hydrogen) atoms. The minimum Gasteiger partial charge on any atom is -0.406 e. The van der Waals surface area contributed by atoms with Gasteiger partial charge in [0.2, 0.25) is 5.91 Å². The summed E-state index contributed by atoms with van der Waals surface area (Å²) >= 11 is 0. The van der Waals surface area contributed by atoms with Crippen molar-refractivity contribution in [3.05, 3.63) is 59.7 Å². The maximum absolute atomic E-state index is 12.4. The van der Waals surface area contributed by atoms with Gasteiger partial charge in [0, 0.05) is 18.8 Å². The Bertz CT molecular complexity index is 866. The van der Waals surface area contributed by atoms with Crippen molar-refractivity contribution in [1.82, 2.24) is 4.90 Å². The molecule has 2 aromatic rings. The smallest absolute Gasteiger partial charge is 0.406 e. The second kappa shape index (κ2) is 8.20. The third-order valence-electron chi connectivity index (χ3n) is 4.23. The van der Waals surface area contributed by atoms with E-state index in [1.54, 1.807) is 4.90 Å². The highest BCUT2D eigenvalue weighted by Gasteiger charge is 2.30. The summed E-state index contributed by atoms with van der Waals surface area (Å²) in [7, 11) is 0. The monoisotopic (exact) mass is 392 g/mol. The van der Waals surface area contributed by atoms with Crippen LogP contribution in [0.3, 0.4) is 0 Å². The Morgan fingerprint density at radius 3 is 2.50 bits per heavy atom. The van der Waals surface area contributed by atoms with Crippen LogP contribution in [0, 0.1) is 0 Å². The molecule has 3 rings (SSSR count). The van der Waals surface area contributed by atoms with Crippen LogP contribution in [0.5, 0.6) is 5.75 Å². The number of carbonyl (C=O) groups is 1. The quantitative estimate of drug-likeness (QED) is 0.619. The lowest BCUT2D eigenvalue weighted by Crippen LogP contribution is -2.38. The molecule has 0 bridgehead atoms. The first-order valence-corrected chi connectivity index (χ1v) is 8.57. The molecule has 0 fully saturated rings. The summed E-state index contributed by atoms with van der Waals surface area (Å²) in [5.41, 5.74) is 8.55. The maximum Gasteiger partial charge on any atom is 0.573 e. The topological polar surface area (TPSA) is 80.0 Å². The minimum absolute atomic E-state index is 0.00440. The van der Waals surface area contributed by atoms with Crippen molar-refractivity contribution in [2.75, 3.05) is 18.4 Å². The maximum atomic E-state index is 12.4. The number of fused-ring (bicyclic) bond motifs is 1. The molecule has 0 unspecified atom stereocenters. The molecule has 0 saturated carbocycles. The number of ether oxygens (including phenoxy) is 1. The van der Waals surface area contributed by atoms with Gasteiger partial charge >= 0.3 is 6.36 Å². The standard InChI is InChI=1S/C19H19F3N4O2/c20-19(21,22)28-16-7-5-15(6-8-16)25-18(23)24-11-17(27)26-10-9-13-3-1-2-4-14(13)12-26/h1-8H,9-12H2,(H3,23,24,25). The van der Waals surface area contributed by atoms with E-state index in [2.05, 4.69) is 21.1 Å². The third-order valence-corrected chi connectivity index (χ3v) is 4.23. The minimum atomic E-state index is -4.75. The fourth-order valence-corrected chi connectivity index (χ4v) is 2.89. The predicted molar refractivity (Wildman–Crippen MR) is 98.8 cm³/mol. The number of carbonyl (C=O) groups excluding carboxylic acids is 1. The molecule has 1 aliphatic heterocycles. The second-order valence-electron chi connectivity index (χ2n) is 6.23. The van der Waals surface area contributed by atoms with E-state index in [4.69, 9.17) is 5.73 Å². The van der Waals surface area contributed by atoms with Crippen LogP contribution in [0.25, 0.3) is 0 Å². The summed E-state index contributed by atoms with van der Waals surface area (Å²) in [6, 6.07) is 13.0. The van der Waals surface area contributed by atoms with Gasteiger partial charge in [0.25, 0.3) is 0 Å². The number of anilines is 1. The van der Waals surface area contributed by atoms with Gasteiger partial charge in [-0.25, -0.2) is 4.99 Å². The molecule has 3 N–H and O–H groups in total. The Kier molecular flexibility index (Phi) is 5.72. The van der Waals surface area contributed by atoms with E-state index in [0.717, 1.165) is 24.1 Å².